The van der Waals surface area contributed by atoms with Gasteiger partial charge in [0.05, 0.1) is 99.4 Å². The number of rotatable bonds is 21. The van der Waals surface area contributed by atoms with Gasteiger partial charge in [0, 0.05) is 130 Å². The lowest BCUT2D eigenvalue weighted by molar-refractivity contribution is 0.141. The summed E-state index contributed by atoms with van der Waals surface area (Å²) in [5.74, 6) is 3.55. The van der Waals surface area contributed by atoms with Crippen LogP contribution in [0.15, 0.2) is 170 Å². The number of benzene rings is 3. The molecule has 3 aromatic carbocycles. The maximum atomic E-state index is 13.5. The molecule has 3 aliphatic heterocycles. The molecule has 3 atom stereocenters. The van der Waals surface area contributed by atoms with Crippen LogP contribution in [0.25, 0.3) is 44.2 Å². The molecule has 0 saturated carbocycles. The number of aromatic nitrogens is 15. The Kier molecular flexibility index (Phi) is 20.7. The Bertz CT molecular complexity index is 5470. The number of carbonyl (C=O) groups is 3. The largest absolute Gasteiger partial charge is 0.394 e. The van der Waals surface area contributed by atoms with Crippen LogP contribution in [-0.4, -0.2) is 145 Å². The van der Waals surface area contributed by atoms with E-state index in [1.165, 1.54) is 0 Å². The Morgan fingerprint density at radius 1 is 0.533 bits per heavy atom. The van der Waals surface area contributed by atoms with Crippen LogP contribution in [0.4, 0.5) is 49.7 Å². The van der Waals surface area contributed by atoms with E-state index in [2.05, 4.69) is 71.2 Å². The first-order valence-corrected chi connectivity index (χ1v) is 35.5. The monoisotopic (exact) mass is 1490 g/mol. The molecule has 35 heteroatoms. The van der Waals surface area contributed by atoms with Gasteiger partial charge in [0.15, 0.2) is 0 Å². The smallest absolute Gasteiger partial charge is 0.329 e. The number of nitrogens with zero attached hydrogens (tertiary/aromatic N) is 21. The molecule has 0 radical (unpaired) electrons. The Balaban J connectivity index is 0.000000140. The molecule has 12 heterocycles. The number of aliphatic hydroxyl groups excluding tert-OH is 1. The van der Waals surface area contributed by atoms with Gasteiger partial charge in [0.2, 0.25) is 17.8 Å². The molecular formula is C70H67Cl3N24O7S. The van der Waals surface area contributed by atoms with Crippen molar-refractivity contribution < 1.29 is 32.1 Å². The van der Waals surface area contributed by atoms with Gasteiger partial charge in [0.25, 0.3) is 10.1 Å². The fraction of sp³-hybridized carbons (Fsp3) is 0.229. The number of halogens is 3. The van der Waals surface area contributed by atoms with Gasteiger partial charge in [-0.2, -0.15) is 23.7 Å². The third-order valence-electron chi connectivity index (χ3n) is 17.7. The van der Waals surface area contributed by atoms with Crippen LogP contribution in [0.5, 0.6) is 0 Å². The number of carbonyl (C=O) groups excluding carboxylic acids is 3. The van der Waals surface area contributed by atoms with Gasteiger partial charge in [-0.15, -0.1) is 0 Å². The first-order chi connectivity index (χ1) is 50.5. The summed E-state index contributed by atoms with van der Waals surface area (Å²) >= 11 is 18.5. The van der Waals surface area contributed by atoms with Crippen LogP contribution in [-0.2, 0) is 55.1 Å². The van der Waals surface area contributed by atoms with Gasteiger partial charge in [0.1, 0.15) is 17.5 Å². The van der Waals surface area contributed by atoms with Crippen molar-refractivity contribution >= 4 is 98.3 Å². The summed E-state index contributed by atoms with van der Waals surface area (Å²) in [5, 5.41) is 37.2. The quantitative estimate of drug-likeness (QED) is 0.0225. The van der Waals surface area contributed by atoms with E-state index >= 15 is 0 Å². The molecule has 9 aromatic heterocycles. The molecule has 0 bridgehead atoms. The van der Waals surface area contributed by atoms with Gasteiger partial charge >= 0.3 is 18.1 Å². The molecule has 31 nitrogen and oxygen atoms in total. The summed E-state index contributed by atoms with van der Waals surface area (Å²) in [5.41, 5.74) is 20.7. The Labute approximate surface area is 616 Å². The fourth-order valence-corrected chi connectivity index (χ4v) is 13.5. The lowest BCUT2D eigenvalue weighted by atomic mass is 10.1. The van der Waals surface area contributed by atoms with Crippen molar-refractivity contribution in [1.29, 1.82) is 0 Å². The standard InChI is InChI=1S/C24H24ClN7O4S.C23H21ClN10O.C23H22ClN7O2/c1-15-11-26-23(28-21-7-8-27-30(21)2)29-22(15)17-10-19-13-32(24(33)31(19)12-17)20(14-36-37(3,34)35)16-5-4-6-18(25)9-16;1-14-10-26-22(29-20-6-7-28-32(20)2)30-21(14)16-9-18-13-34(23(35)33(18)12-16)19(11-27-31-25)15-4-3-5-17(24)8-15;1-14-10-25-22(27-20-6-7-26-29(20)2)28-21(14)16-9-18-12-31(23(33)30(18)11-16)19(13-32)15-4-3-5-17(24)8-15/h4-12,20H,13-14H2,1-3H3,(H,26,28,29);3-10,12,19H,11,13H2,1-2H3,(H,26,29,30);3-11,19,32H,12-13H2,1-2H3,(H,25,27,28)/t20-;2*19-/m111/s1. The number of hydrogen-bond donors (Lipinski definition) is 4. The summed E-state index contributed by atoms with van der Waals surface area (Å²) in [7, 11) is 1.75. The number of amides is 3. The highest BCUT2D eigenvalue weighted by Gasteiger charge is 2.38. The zero-order valence-corrected chi connectivity index (χ0v) is 60.5. The molecule has 536 valence electrons. The predicted octanol–water partition coefficient (Wildman–Crippen LogP) is 13.0. The molecule has 0 fully saturated rings. The number of hydrogen-bond acceptors (Lipinski definition) is 20. The molecular weight excluding hydrogens is 1430 g/mol. The molecule has 3 amide bonds. The van der Waals surface area contributed by atoms with Crippen molar-refractivity contribution in [2.24, 2.45) is 26.3 Å². The van der Waals surface area contributed by atoms with Gasteiger partial charge in [-0.1, -0.05) is 76.3 Å². The molecule has 0 aliphatic carbocycles. The summed E-state index contributed by atoms with van der Waals surface area (Å²) in [6.07, 6.45) is 16.5. The topological polar surface area (TPSA) is 355 Å². The van der Waals surface area contributed by atoms with E-state index < -0.39 is 28.2 Å². The average molecular weight is 1490 g/mol. The summed E-state index contributed by atoms with van der Waals surface area (Å²) < 4.78 is 38.3. The van der Waals surface area contributed by atoms with E-state index in [-0.39, 0.29) is 44.4 Å². The lowest BCUT2D eigenvalue weighted by Gasteiger charge is -2.27. The van der Waals surface area contributed by atoms with Crippen LogP contribution in [0.1, 0.15) is 68.6 Å². The number of aliphatic hydroxyl groups is 1. The Morgan fingerprint density at radius 2 is 0.876 bits per heavy atom. The summed E-state index contributed by atoms with van der Waals surface area (Å²) in [6.45, 7) is 6.44. The Morgan fingerprint density at radius 3 is 1.19 bits per heavy atom. The van der Waals surface area contributed by atoms with Crippen LogP contribution in [0, 0.1) is 20.8 Å². The third kappa shape index (κ3) is 15.6. The zero-order valence-electron chi connectivity index (χ0n) is 57.4. The van der Waals surface area contributed by atoms with Crippen molar-refractivity contribution in [2.45, 2.75) is 58.5 Å². The number of anilines is 6. The van der Waals surface area contributed by atoms with Gasteiger partial charge in [-0.3, -0.25) is 31.9 Å². The highest BCUT2D eigenvalue weighted by Crippen LogP contribution is 2.38. The predicted molar refractivity (Wildman–Crippen MR) is 394 cm³/mol. The van der Waals surface area contributed by atoms with E-state index in [0.717, 1.165) is 96.7 Å². The SMILES string of the molecule is Cc1cnc(Nc2ccnn2C)nc1-c1cc2n(c1)C(=O)N([C@H](CN=[N+]=[N-])c1cccc(Cl)c1)C2.Cc1cnc(Nc2ccnn2C)nc1-c1cc2n(c1)C(=O)N([C@H](CO)c1cccc(Cl)c1)C2.Cc1cnc(Nc2ccnn2C)nc1-c1cc2n(c1)C(=O)N([C@H](COS(C)(=O)=O)c1cccc(Cl)c1)C2. The first-order valence-electron chi connectivity index (χ1n) is 32.5. The van der Waals surface area contributed by atoms with Gasteiger partial charge in [-0.05, 0) is 114 Å². The molecule has 4 N–H and O–H groups in total. The minimum atomic E-state index is -3.71. The van der Waals surface area contributed by atoms with Crippen LogP contribution >= 0.6 is 34.8 Å². The van der Waals surface area contributed by atoms with Gasteiger partial charge < -0.3 is 35.8 Å². The Hall–Kier alpha value is -11.8. The minimum absolute atomic E-state index is 0.105. The van der Waals surface area contributed by atoms with Gasteiger partial charge in [-0.25, -0.2) is 44.3 Å². The zero-order chi connectivity index (χ0) is 74.0. The maximum absolute atomic E-state index is 13.5. The maximum Gasteiger partial charge on any atom is 0.329 e. The van der Waals surface area contributed by atoms with Crippen molar-refractivity contribution in [3.8, 4) is 33.8 Å². The first kappa shape index (κ1) is 71.6. The van der Waals surface area contributed by atoms with Crippen molar-refractivity contribution in [1.82, 2.24) is 87.6 Å². The summed E-state index contributed by atoms with van der Waals surface area (Å²) in [4.78, 5) is 74.9. The number of azide groups is 1. The van der Waals surface area contributed by atoms with Crippen molar-refractivity contribution in [2.75, 3.05) is 42.0 Å². The molecule has 0 unspecified atom stereocenters. The minimum Gasteiger partial charge on any atom is -0.394 e. The molecule has 0 saturated heterocycles. The van der Waals surface area contributed by atoms with Crippen LogP contribution in [0.2, 0.25) is 15.1 Å². The second-order valence-electron chi connectivity index (χ2n) is 24.9. The molecule has 12 aromatic rings. The number of nitrogens with one attached hydrogen (secondary N) is 3. The van der Waals surface area contributed by atoms with E-state index in [1.807, 2.05) is 103 Å². The van der Waals surface area contributed by atoms with E-state index in [0.29, 0.717) is 57.3 Å². The second-order valence-corrected chi connectivity index (χ2v) is 27.8. The van der Waals surface area contributed by atoms with Crippen LogP contribution < -0.4 is 16.0 Å². The number of fused-ring (bicyclic) bond motifs is 3. The molecule has 0 spiro atoms. The molecule has 3 aliphatic rings. The fourth-order valence-electron chi connectivity index (χ4n) is 12.5. The highest BCUT2D eigenvalue weighted by atomic mass is 35.5. The molecule has 105 heavy (non-hydrogen) atoms. The van der Waals surface area contributed by atoms with Crippen LogP contribution in [0.3, 0.4) is 0 Å². The third-order valence-corrected chi connectivity index (χ3v) is 19.0. The second kappa shape index (κ2) is 30.3. The lowest BCUT2D eigenvalue weighted by Crippen LogP contribution is -2.34. The van der Waals surface area contributed by atoms with Crippen molar-refractivity contribution in [3.63, 3.8) is 0 Å². The average Bonchev–Trinajstić information content (AvgIpc) is 1.62. The normalized spacial score (nSPS) is 13.9. The molecule has 15 rings (SSSR count). The van der Waals surface area contributed by atoms with E-state index in [4.69, 9.17) is 44.5 Å². The van der Waals surface area contributed by atoms with Crippen molar-refractivity contribution in [3.05, 3.63) is 241 Å². The van der Waals surface area contributed by atoms with E-state index in [9.17, 15) is 27.9 Å². The van der Waals surface area contributed by atoms with E-state index in [1.54, 1.807) is 147 Å². The number of aryl methyl sites for hydroxylation is 6. The highest BCUT2D eigenvalue weighted by molar-refractivity contribution is 7.86. The summed E-state index contributed by atoms with van der Waals surface area (Å²) in [6, 6.07) is 30.4.